The van der Waals surface area contributed by atoms with E-state index >= 15 is 0 Å². The summed E-state index contributed by atoms with van der Waals surface area (Å²) in [5, 5.41) is 7.34. The Morgan fingerprint density at radius 1 is 1.14 bits per heavy atom. The number of likely N-dealkylation sites (N-methyl/N-ethyl adjacent to an activating group) is 1. The van der Waals surface area contributed by atoms with Gasteiger partial charge in [0.05, 0.1) is 11.8 Å². The summed E-state index contributed by atoms with van der Waals surface area (Å²) in [6.45, 7) is 9.41. The minimum atomic E-state index is -3.14. The van der Waals surface area contributed by atoms with Crippen molar-refractivity contribution in [2.24, 2.45) is 4.99 Å². The molecule has 0 spiro atoms. The maximum absolute atomic E-state index is 11.4. The number of nitrogens with one attached hydrogen (secondary N) is 3. The molecule has 0 bridgehead atoms. The molecule has 0 aromatic heterocycles. The first-order valence-corrected chi connectivity index (χ1v) is 11.8. The smallest absolute Gasteiger partial charge is 0.211 e. The van der Waals surface area contributed by atoms with Gasteiger partial charge >= 0.3 is 0 Å². The minimum Gasteiger partial charge on any atom is -0.356 e. The highest BCUT2D eigenvalue weighted by Gasteiger charge is 2.20. The van der Waals surface area contributed by atoms with E-state index in [1.165, 1.54) is 0 Å². The number of sulfonamides is 1. The molecule has 0 radical (unpaired) electrons. The van der Waals surface area contributed by atoms with Crippen LogP contribution in [0.1, 0.15) is 38.8 Å². The molecule has 7 nitrogen and oxygen atoms in total. The molecule has 29 heavy (non-hydrogen) atoms. The summed E-state index contributed by atoms with van der Waals surface area (Å²) in [5.74, 6) is 0.779. The topological polar surface area (TPSA) is 85.8 Å². The second kappa shape index (κ2) is 15.2. The number of halogens is 2. The third kappa shape index (κ3) is 10.3. The predicted octanol–water partition coefficient (Wildman–Crippen LogP) is 2.84. The largest absolute Gasteiger partial charge is 0.356 e. The first-order chi connectivity index (χ1) is 13.4. The van der Waals surface area contributed by atoms with Gasteiger partial charge in [-0.3, -0.25) is 9.89 Å². The summed E-state index contributed by atoms with van der Waals surface area (Å²) in [4.78, 5) is 6.60. The van der Waals surface area contributed by atoms with Crippen molar-refractivity contribution in [3.63, 3.8) is 0 Å². The Labute approximate surface area is 198 Å². The van der Waals surface area contributed by atoms with Crippen molar-refractivity contribution in [2.75, 3.05) is 45.5 Å². The quantitative estimate of drug-likeness (QED) is 0.159. The zero-order chi connectivity index (χ0) is 21.0. The Morgan fingerprint density at radius 2 is 1.79 bits per heavy atom. The van der Waals surface area contributed by atoms with Crippen LogP contribution in [0.2, 0.25) is 5.02 Å². The first kappa shape index (κ1) is 28.4. The van der Waals surface area contributed by atoms with E-state index < -0.39 is 10.0 Å². The monoisotopic (exact) mass is 559 g/mol. The lowest BCUT2D eigenvalue weighted by atomic mass is 10.0. The Hall–Kier alpha value is -0.620. The van der Waals surface area contributed by atoms with Gasteiger partial charge in [-0.2, -0.15) is 0 Å². The standard InChI is InChI=1S/C19H34ClN5O2S.HI/c1-5-25(6-2)18(16-11-8-9-12-17(16)20)15-23-19(21-4)22-13-10-14-24-28(26,27)7-3;/h8-9,11-12,18,24H,5-7,10,13-15H2,1-4H3,(H2,21,22,23);1H. The van der Waals surface area contributed by atoms with Crippen LogP contribution >= 0.6 is 35.6 Å². The lowest BCUT2D eigenvalue weighted by Gasteiger charge is -2.31. The molecule has 0 saturated carbocycles. The third-order valence-corrected chi connectivity index (χ3v) is 6.30. The number of hydrogen-bond donors (Lipinski definition) is 3. The normalized spacial score (nSPS) is 13.1. The Kier molecular flexibility index (Phi) is 14.9. The molecule has 1 rings (SSSR count). The number of nitrogens with zero attached hydrogens (tertiary/aromatic N) is 2. The van der Waals surface area contributed by atoms with Crippen LogP contribution < -0.4 is 15.4 Å². The predicted molar refractivity (Wildman–Crippen MR) is 134 cm³/mol. The van der Waals surface area contributed by atoms with Crippen molar-refractivity contribution in [2.45, 2.75) is 33.2 Å². The lowest BCUT2D eigenvalue weighted by molar-refractivity contribution is 0.219. The highest BCUT2D eigenvalue weighted by atomic mass is 127. The Morgan fingerprint density at radius 3 is 2.34 bits per heavy atom. The SMILES string of the molecule is CCN(CC)C(CNC(=NC)NCCCNS(=O)(=O)CC)c1ccccc1Cl.I. The van der Waals surface area contributed by atoms with Gasteiger partial charge < -0.3 is 10.6 Å². The Bertz CT molecular complexity index is 714. The van der Waals surface area contributed by atoms with Crippen molar-refractivity contribution in [3.8, 4) is 0 Å². The molecule has 1 aromatic rings. The Balaban J connectivity index is 0.00000784. The highest BCUT2D eigenvalue weighted by Crippen LogP contribution is 2.26. The summed E-state index contributed by atoms with van der Waals surface area (Å²) >= 11 is 6.44. The summed E-state index contributed by atoms with van der Waals surface area (Å²) in [5.41, 5.74) is 1.09. The van der Waals surface area contributed by atoms with Crippen LogP contribution in [0.25, 0.3) is 0 Å². The highest BCUT2D eigenvalue weighted by molar-refractivity contribution is 14.0. The van der Waals surface area contributed by atoms with Crippen LogP contribution in [0, 0.1) is 0 Å². The van der Waals surface area contributed by atoms with Crippen molar-refractivity contribution in [3.05, 3.63) is 34.9 Å². The average molecular weight is 560 g/mol. The van der Waals surface area contributed by atoms with Crippen molar-refractivity contribution >= 4 is 51.6 Å². The molecule has 0 heterocycles. The zero-order valence-electron chi connectivity index (χ0n) is 17.7. The maximum Gasteiger partial charge on any atom is 0.211 e. The minimum absolute atomic E-state index is 0. The third-order valence-electron chi connectivity index (χ3n) is 4.55. The average Bonchev–Trinajstić information content (AvgIpc) is 2.69. The molecule has 0 aliphatic rings. The van der Waals surface area contributed by atoms with Crippen LogP contribution in [0.3, 0.4) is 0 Å². The summed E-state index contributed by atoms with van der Waals surface area (Å²) in [6, 6.07) is 8.04. The summed E-state index contributed by atoms with van der Waals surface area (Å²) < 4.78 is 25.4. The first-order valence-electron chi connectivity index (χ1n) is 9.78. The van der Waals surface area contributed by atoms with Crippen molar-refractivity contribution in [1.29, 1.82) is 0 Å². The molecule has 1 aromatic carbocycles. The fourth-order valence-corrected chi connectivity index (χ4v) is 3.81. The number of rotatable bonds is 12. The van der Waals surface area contributed by atoms with E-state index in [4.69, 9.17) is 11.6 Å². The molecule has 1 unspecified atom stereocenters. The number of benzene rings is 1. The number of aliphatic imine (C=N–C) groups is 1. The molecule has 0 aliphatic heterocycles. The van der Waals surface area contributed by atoms with Crippen LogP contribution in [-0.4, -0.2) is 64.8 Å². The van der Waals surface area contributed by atoms with Gasteiger partial charge in [0.2, 0.25) is 10.0 Å². The van der Waals surface area contributed by atoms with E-state index in [-0.39, 0.29) is 35.8 Å². The van der Waals surface area contributed by atoms with E-state index in [1.807, 2.05) is 18.2 Å². The van der Waals surface area contributed by atoms with E-state index in [0.29, 0.717) is 32.0 Å². The van der Waals surface area contributed by atoms with Gasteiger partial charge in [0.1, 0.15) is 0 Å². The van der Waals surface area contributed by atoms with Crippen molar-refractivity contribution in [1.82, 2.24) is 20.3 Å². The van der Waals surface area contributed by atoms with Gasteiger partial charge in [-0.1, -0.05) is 43.6 Å². The molecule has 10 heteroatoms. The van der Waals surface area contributed by atoms with Gasteiger partial charge in [-0.25, -0.2) is 13.1 Å². The number of hydrogen-bond acceptors (Lipinski definition) is 4. The molecular formula is C19H35ClIN5O2S. The molecule has 0 fully saturated rings. The fraction of sp³-hybridized carbons (Fsp3) is 0.632. The van der Waals surface area contributed by atoms with Crippen LogP contribution in [0.4, 0.5) is 0 Å². The number of guanidine groups is 1. The van der Waals surface area contributed by atoms with Gasteiger partial charge in [-0.05, 0) is 38.1 Å². The zero-order valence-corrected chi connectivity index (χ0v) is 21.6. The molecule has 1 atom stereocenters. The lowest BCUT2D eigenvalue weighted by Crippen LogP contribution is -2.44. The van der Waals surface area contributed by atoms with Crippen LogP contribution in [-0.2, 0) is 10.0 Å². The molecule has 0 amide bonds. The van der Waals surface area contributed by atoms with E-state index in [0.717, 1.165) is 23.7 Å². The van der Waals surface area contributed by atoms with E-state index in [9.17, 15) is 8.42 Å². The van der Waals surface area contributed by atoms with Crippen LogP contribution in [0.5, 0.6) is 0 Å². The van der Waals surface area contributed by atoms with Crippen molar-refractivity contribution < 1.29 is 8.42 Å². The van der Waals surface area contributed by atoms with Gasteiger partial charge in [0, 0.05) is 31.7 Å². The van der Waals surface area contributed by atoms with Gasteiger partial charge in [0.25, 0.3) is 0 Å². The van der Waals surface area contributed by atoms with E-state index in [2.05, 4.69) is 45.2 Å². The summed E-state index contributed by atoms with van der Waals surface area (Å²) in [7, 11) is -1.42. The van der Waals surface area contributed by atoms with E-state index in [1.54, 1.807) is 14.0 Å². The maximum atomic E-state index is 11.4. The molecule has 168 valence electrons. The van der Waals surface area contributed by atoms with Gasteiger partial charge in [0.15, 0.2) is 5.96 Å². The molecule has 0 saturated heterocycles. The second-order valence-electron chi connectivity index (χ2n) is 6.29. The molecular weight excluding hydrogens is 525 g/mol. The summed E-state index contributed by atoms with van der Waals surface area (Å²) in [6.07, 6.45) is 0.671. The second-order valence-corrected chi connectivity index (χ2v) is 8.79. The van der Waals surface area contributed by atoms with Gasteiger partial charge in [-0.15, -0.1) is 24.0 Å². The molecule has 3 N–H and O–H groups in total. The molecule has 0 aliphatic carbocycles. The fourth-order valence-electron chi connectivity index (χ4n) is 2.88. The van der Waals surface area contributed by atoms with Crippen LogP contribution in [0.15, 0.2) is 29.3 Å².